The molecule has 3 heteroatoms. The molecule has 0 saturated heterocycles. The molecule has 0 amide bonds. The maximum Gasteiger partial charge on any atom is 0.151 e. The second kappa shape index (κ2) is 2.73. The Morgan fingerprint density at radius 1 is 1.42 bits per heavy atom. The SMILES string of the molecule is Cc1nc2n(c1C)CCCN=C2. The van der Waals surface area contributed by atoms with Crippen LogP contribution in [-0.4, -0.2) is 22.3 Å². The predicted molar refractivity (Wildman–Crippen MR) is 48.8 cm³/mol. The van der Waals surface area contributed by atoms with E-state index in [4.69, 9.17) is 0 Å². The summed E-state index contributed by atoms with van der Waals surface area (Å²) in [4.78, 5) is 8.68. The number of rotatable bonds is 0. The van der Waals surface area contributed by atoms with Gasteiger partial charge in [0.1, 0.15) is 0 Å². The van der Waals surface area contributed by atoms with Gasteiger partial charge in [0.25, 0.3) is 0 Å². The summed E-state index contributed by atoms with van der Waals surface area (Å²) in [6.45, 7) is 6.15. The van der Waals surface area contributed by atoms with Crippen LogP contribution in [0.3, 0.4) is 0 Å². The van der Waals surface area contributed by atoms with Crippen molar-refractivity contribution in [1.82, 2.24) is 9.55 Å². The fourth-order valence-electron chi connectivity index (χ4n) is 1.53. The quantitative estimate of drug-likeness (QED) is 0.567. The van der Waals surface area contributed by atoms with Gasteiger partial charge in [0.2, 0.25) is 0 Å². The number of aryl methyl sites for hydroxylation is 1. The average molecular weight is 163 g/mol. The standard InChI is InChI=1S/C9H13N3/c1-7-8(2)12-5-3-4-10-6-9(12)11-7/h6H,3-5H2,1-2H3. The Balaban J connectivity index is 2.53. The van der Waals surface area contributed by atoms with E-state index >= 15 is 0 Å². The molecule has 3 nitrogen and oxygen atoms in total. The van der Waals surface area contributed by atoms with Gasteiger partial charge < -0.3 is 4.57 Å². The molecule has 0 aliphatic carbocycles. The Morgan fingerprint density at radius 3 is 3.08 bits per heavy atom. The lowest BCUT2D eigenvalue weighted by Gasteiger charge is -2.03. The van der Waals surface area contributed by atoms with Crippen molar-refractivity contribution in [1.29, 1.82) is 0 Å². The molecule has 1 aromatic rings. The van der Waals surface area contributed by atoms with Gasteiger partial charge in [-0.15, -0.1) is 0 Å². The first kappa shape index (κ1) is 7.53. The summed E-state index contributed by atoms with van der Waals surface area (Å²) in [6.07, 6.45) is 3.01. The topological polar surface area (TPSA) is 30.2 Å². The zero-order valence-electron chi connectivity index (χ0n) is 7.54. The van der Waals surface area contributed by atoms with Crippen LogP contribution in [-0.2, 0) is 6.54 Å². The van der Waals surface area contributed by atoms with Crippen molar-refractivity contribution in [3.05, 3.63) is 17.2 Å². The first-order valence-corrected chi connectivity index (χ1v) is 4.32. The number of nitrogens with zero attached hydrogens (tertiary/aromatic N) is 3. The molecule has 0 radical (unpaired) electrons. The summed E-state index contributed by atoms with van der Waals surface area (Å²) in [7, 11) is 0. The minimum atomic E-state index is 0.932. The summed E-state index contributed by atoms with van der Waals surface area (Å²) in [5.74, 6) is 1.02. The molecule has 1 aromatic heterocycles. The molecule has 0 fully saturated rings. The van der Waals surface area contributed by atoms with Gasteiger partial charge in [0.15, 0.2) is 5.82 Å². The lowest BCUT2D eigenvalue weighted by atomic mass is 10.3. The predicted octanol–water partition coefficient (Wildman–Crippen LogP) is 1.32. The molecule has 0 saturated carbocycles. The molecule has 0 bridgehead atoms. The van der Waals surface area contributed by atoms with Crippen molar-refractivity contribution in [2.24, 2.45) is 4.99 Å². The Labute approximate surface area is 72.1 Å². The van der Waals surface area contributed by atoms with Crippen LogP contribution in [0, 0.1) is 13.8 Å². The highest BCUT2D eigenvalue weighted by Gasteiger charge is 2.09. The van der Waals surface area contributed by atoms with Crippen LogP contribution in [0.4, 0.5) is 0 Å². The molecule has 64 valence electrons. The Hall–Kier alpha value is -1.12. The van der Waals surface area contributed by atoms with Gasteiger partial charge in [0, 0.05) is 18.8 Å². The lowest BCUT2D eigenvalue weighted by molar-refractivity contribution is 0.645. The van der Waals surface area contributed by atoms with E-state index in [1.807, 2.05) is 13.1 Å². The first-order chi connectivity index (χ1) is 5.79. The van der Waals surface area contributed by atoms with Crippen molar-refractivity contribution in [2.75, 3.05) is 6.54 Å². The zero-order chi connectivity index (χ0) is 8.55. The average Bonchev–Trinajstić information content (AvgIpc) is 2.30. The van der Waals surface area contributed by atoms with Crippen LogP contribution in [0.25, 0.3) is 0 Å². The third-order valence-corrected chi connectivity index (χ3v) is 2.36. The molecule has 1 aliphatic heterocycles. The van der Waals surface area contributed by atoms with E-state index < -0.39 is 0 Å². The summed E-state index contributed by atoms with van der Waals surface area (Å²) >= 11 is 0. The second-order valence-corrected chi connectivity index (χ2v) is 3.18. The number of imidazole rings is 1. The van der Waals surface area contributed by atoms with Gasteiger partial charge in [-0.1, -0.05) is 0 Å². The van der Waals surface area contributed by atoms with E-state index in [9.17, 15) is 0 Å². The monoisotopic (exact) mass is 163 g/mol. The van der Waals surface area contributed by atoms with E-state index in [1.54, 1.807) is 0 Å². The minimum Gasteiger partial charge on any atom is -0.327 e. The molecule has 0 aromatic carbocycles. The molecule has 12 heavy (non-hydrogen) atoms. The normalized spacial score (nSPS) is 15.8. The molecule has 2 heterocycles. The fourth-order valence-corrected chi connectivity index (χ4v) is 1.53. The number of aliphatic imine (C=N–C) groups is 1. The minimum absolute atomic E-state index is 0.932. The van der Waals surface area contributed by atoms with Crippen LogP contribution in [0.5, 0.6) is 0 Å². The number of hydrogen-bond acceptors (Lipinski definition) is 2. The third-order valence-electron chi connectivity index (χ3n) is 2.36. The van der Waals surface area contributed by atoms with Crippen LogP contribution in [0.1, 0.15) is 23.6 Å². The van der Waals surface area contributed by atoms with Crippen LogP contribution < -0.4 is 0 Å². The molecular weight excluding hydrogens is 150 g/mol. The fraction of sp³-hybridized carbons (Fsp3) is 0.556. The first-order valence-electron chi connectivity index (χ1n) is 4.32. The summed E-state index contributed by atoms with van der Waals surface area (Å²) in [6, 6.07) is 0. The summed E-state index contributed by atoms with van der Waals surface area (Å²) in [5, 5.41) is 0. The largest absolute Gasteiger partial charge is 0.327 e. The summed E-state index contributed by atoms with van der Waals surface area (Å²) < 4.78 is 2.24. The smallest absolute Gasteiger partial charge is 0.151 e. The van der Waals surface area contributed by atoms with Gasteiger partial charge in [-0.3, -0.25) is 4.99 Å². The molecular formula is C9H13N3. The van der Waals surface area contributed by atoms with E-state index in [0.29, 0.717) is 0 Å². The highest BCUT2D eigenvalue weighted by Crippen LogP contribution is 2.11. The maximum absolute atomic E-state index is 4.42. The second-order valence-electron chi connectivity index (χ2n) is 3.18. The van der Waals surface area contributed by atoms with Crippen LogP contribution in [0.15, 0.2) is 4.99 Å². The van der Waals surface area contributed by atoms with Gasteiger partial charge in [0.05, 0.1) is 11.9 Å². The van der Waals surface area contributed by atoms with E-state index in [1.165, 1.54) is 5.69 Å². The van der Waals surface area contributed by atoms with E-state index in [0.717, 1.165) is 31.0 Å². The van der Waals surface area contributed by atoms with Gasteiger partial charge >= 0.3 is 0 Å². The molecule has 1 aliphatic rings. The number of fused-ring (bicyclic) bond motifs is 1. The molecule has 0 unspecified atom stereocenters. The Bertz CT molecular complexity index is 323. The van der Waals surface area contributed by atoms with Crippen LogP contribution in [0.2, 0.25) is 0 Å². The number of hydrogen-bond donors (Lipinski definition) is 0. The molecule has 0 atom stereocenters. The molecule has 0 spiro atoms. The van der Waals surface area contributed by atoms with Gasteiger partial charge in [-0.2, -0.15) is 0 Å². The van der Waals surface area contributed by atoms with Crippen molar-refractivity contribution in [3.63, 3.8) is 0 Å². The van der Waals surface area contributed by atoms with E-state index in [2.05, 4.69) is 21.5 Å². The van der Waals surface area contributed by atoms with Gasteiger partial charge in [-0.25, -0.2) is 4.98 Å². The highest BCUT2D eigenvalue weighted by atomic mass is 15.1. The van der Waals surface area contributed by atoms with Crippen molar-refractivity contribution in [3.8, 4) is 0 Å². The van der Waals surface area contributed by atoms with Crippen LogP contribution >= 0.6 is 0 Å². The Morgan fingerprint density at radius 2 is 2.25 bits per heavy atom. The third kappa shape index (κ3) is 1.05. The van der Waals surface area contributed by atoms with E-state index in [-0.39, 0.29) is 0 Å². The van der Waals surface area contributed by atoms with Crippen molar-refractivity contribution < 1.29 is 0 Å². The maximum atomic E-state index is 4.42. The highest BCUT2D eigenvalue weighted by molar-refractivity contribution is 5.75. The lowest BCUT2D eigenvalue weighted by Crippen LogP contribution is -2.03. The number of aromatic nitrogens is 2. The van der Waals surface area contributed by atoms with Gasteiger partial charge in [-0.05, 0) is 20.3 Å². The van der Waals surface area contributed by atoms with Crippen molar-refractivity contribution >= 4 is 6.21 Å². The van der Waals surface area contributed by atoms with Crippen molar-refractivity contribution in [2.45, 2.75) is 26.8 Å². The Kier molecular flexibility index (Phi) is 1.71. The summed E-state index contributed by atoms with van der Waals surface area (Å²) in [5.41, 5.74) is 2.40. The molecule has 0 N–H and O–H groups in total. The zero-order valence-corrected chi connectivity index (χ0v) is 7.54. The molecule has 2 rings (SSSR count).